The Labute approximate surface area is 96.8 Å². The second-order valence-corrected chi connectivity index (χ2v) is 4.28. The molecule has 0 aliphatic rings. The molecule has 0 spiro atoms. The summed E-state index contributed by atoms with van der Waals surface area (Å²) in [7, 11) is 0. The Kier molecular flexibility index (Phi) is 3.11. The zero-order valence-electron chi connectivity index (χ0n) is 9.57. The molecule has 0 fully saturated rings. The van der Waals surface area contributed by atoms with Crippen LogP contribution in [0.1, 0.15) is 19.5 Å². The van der Waals surface area contributed by atoms with Crippen molar-refractivity contribution in [1.29, 1.82) is 0 Å². The average Bonchev–Trinajstić information content (AvgIpc) is 2.66. The molecule has 0 unspecified atom stereocenters. The molecule has 0 aliphatic carbocycles. The summed E-state index contributed by atoms with van der Waals surface area (Å²) in [5.74, 6) is -3.76. The summed E-state index contributed by atoms with van der Waals surface area (Å²) in [5, 5.41) is 3.20. The Bertz CT molecular complexity index is 546. The molecule has 0 aliphatic heterocycles. The van der Waals surface area contributed by atoms with Crippen LogP contribution in [0.25, 0.3) is 10.9 Å². The van der Waals surface area contributed by atoms with Crippen LogP contribution in [-0.2, 0) is 6.54 Å². The molecule has 2 nitrogen and oxygen atoms in total. The normalized spacial score (nSPS) is 11.6. The lowest BCUT2D eigenvalue weighted by Crippen LogP contribution is -2.21. The summed E-state index contributed by atoms with van der Waals surface area (Å²) in [4.78, 5) is 2.85. The number of aromatic nitrogens is 1. The first-order valence-corrected chi connectivity index (χ1v) is 5.37. The average molecular weight is 242 g/mol. The van der Waals surface area contributed by atoms with E-state index >= 15 is 0 Å². The molecule has 5 heteroatoms. The van der Waals surface area contributed by atoms with E-state index in [2.05, 4.69) is 10.3 Å². The van der Waals surface area contributed by atoms with Crippen LogP contribution in [0, 0.1) is 17.5 Å². The topological polar surface area (TPSA) is 27.8 Å². The Balaban J connectivity index is 2.40. The van der Waals surface area contributed by atoms with Crippen molar-refractivity contribution in [3.8, 4) is 0 Å². The van der Waals surface area contributed by atoms with Crippen molar-refractivity contribution in [3.63, 3.8) is 0 Å². The van der Waals surface area contributed by atoms with Gasteiger partial charge in [-0.05, 0) is 6.07 Å². The van der Waals surface area contributed by atoms with Crippen molar-refractivity contribution >= 4 is 10.9 Å². The molecule has 0 radical (unpaired) electrons. The number of H-pyrrole nitrogens is 1. The van der Waals surface area contributed by atoms with Gasteiger partial charge >= 0.3 is 0 Å². The van der Waals surface area contributed by atoms with Crippen LogP contribution < -0.4 is 5.32 Å². The molecule has 17 heavy (non-hydrogen) atoms. The zero-order chi connectivity index (χ0) is 12.6. The van der Waals surface area contributed by atoms with Crippen LogP contribution in [0.15, 0.2) is 12.1 Å². The van der Waals surface area contributed by atoms with E-state index in [0.717, 1.165) is 6.07 Å². The third-order valence-corrected chi connectivity index (χ3v) is 2.51. The predicted molar refractivity (Wildman–Crippen MR) is 60.1 cm³/mol. The fraction of sp³-hybridized carbons (Fsp3) is 0.333. The number of fused-ring (bicyclic) bond motifs is 1. The molecule has 0 saturated carbocycles. The molecule has 1 aromatic carbocycles. The lowest BCUT2D eigenvalue weighted by Gasteiger charge is -2.05. The number of rotatable bonds is 3. The first-order valence-electron chi connectivity index (χ1n) is 5.37. The van der Waals surface area contributed by atoms with Crippen molar-refractivity contribution in [2.75, 3.05) is 0 Å². The molecule has 0 bridgehead atoms. The maximum atomic E-state index is 13.4. The predicted octanol–water partition coefficient (Wildman–Crippen LogP) is 3.08. The highest BCUT2D eigenvalue weighted by Crippen LogP contribution is 2.23. The molecule has 2 aromatic rings. The maximum absolute atomic E-state index is 13.4. The van der Waals surface area contributed by atoms with Crippen molar-refractivity contribution in [2.24, 2.45) is 0 Å². The standard InChI is InChI=1S/C12H13F3N2/c1-6(2)16-5-7-3-8-10(17-7)4-9(13)12(15)11(8)14/h3-4,6,16-17H,5H2,1-2H3. The van der Waals surface area contributed by atoms with Gasteiger partial charge in [-0.1, -0.05) is 13.8 Å². The smallest absolute Gasteiger partial charge is 0.195 e. The van der Waals surface area contributed by atoms with E-state index in [0.29, 0.717) is 12.2 Å². The quantitative estimate of drug-likeness (QED) is 0.795. The third kappa shape index (κ3) is 2.29. The van der Waals surface area contributed by atoms with E-state index < -0.39 is 17.5 Å². The van der Waals surface area contributed by atoms with Crippen LogP contribution in [0.5, 0.6) is 0 Å². The van der Waals surface area contributed by atoms with Gasteiger partial charge in [0.15, 0.2) is 17.5 Å². The molecular weight excluding hydrogens is 229 g/mol. The summed E-state index contributed by atoms with van der Waals surface area (Å²) in [5.41, 5.74) is 0.958. The highest BCUT2D eigenvalue weighted by Gasteiger charge is 2.15. The summed E-state index contributed by atoms with van der Waals surface area (Å²) < 4.78 is 39.4. The van der Waals surface area contributed by atoms with Gasteiger partial charge in [-0.25, -0.2) is 13.2 Å². The summed E-state index contributed by atoms with van der Waals surface area (Å²) >= 11 is 0. The van der Waals surface area contributed by atoms with E-state index in [9.17, 15) is 13.2 Å². The summed E-state index contributed by atoms with van der Waals surface area (Å²) in [6.45, 7) is 4.44. The zero-order valence-corrected chi connectivity index (χ0v) is 9.57. The minimum absolute atomic E-state index is 0.0736. The van der Waals surface area contributed by atoms with Gasteiger partial charge in [-0.15, -0.1) is 0 Å². The van der Waals surface area contributed by atoms with Crippen molar-refractivity contribution in [1.82, 2.24) is 10.3 Å². The number of nitrogens with one attached hydrogen (secondary N) is 2. The van der Waals surface area contributed by atoms with Crippen molar-refractivity contribution < 1.29 is 13.2 Å². The third-order valence-electron chi connectivity index (χ3n) is 2.51. The van der Waals surface area contributed by atoms with Gasteiger partial charge in [-0.2, -0.15) is 0 Å². The van der Waals surface area contributed by atoms with Gasteiger partial charge < -0.3 is 10.3 Å². The number of benzene rings is 1. The molecule has 2 N–H and O–H groups in total. The van der Waals surface area contributed by atoms with Gasteiger partial charge in [0.25, 0.3) is 0 Å². The second kappa shape index (κ2) is 4.41. The van der Waals surface area contributed by atoms with E-state index in [1.807, 2.05) is 13.8 Å². The van der Waals surface area contributed by atoms with Gasteiger partial charge in [0, 0.05) is 29.7 Å². The minimum atomic E-state index is -1.43. The van der Waals surface area contributed by atoms with Crippen molar-refractivity contribution in [3.05, 3.63) is 35.3 Å². The summed E-state index contributed by atoms with van der Waals surface area (Å²) in [6.07, 6.45) is 0. The molecule has 1 heterocycles. The minimum Gasteiger partial charge on any atom is -0.357 e. The Morgan fingerprint density at radius 2 is 1.88 bits per heavy atom. The Hall–Kier alpha value is -1.49. The molecular formula is C12H13F3N2. The molecule has 0 amide bonds. The molecule has 2 rings (SSSR count). The van der Waals surface area contributed by atoms with Crippen LogP contribution >= 0.6 is 0 Å². The fourth-order valence-electron chi connectivity index (χ4n) is 1.65. The fourth-order valence-corrected chi connectivity index (χ4v) is 1.65. The van der Waals surface area contributed by atoms with Gasteiger partial charge in [0.1, 0.15) is 0 Å². The van der Waals surface area contributed by atoms with E-state index in [1.54, 1.807) is 0 Å². The van der Waals surface area contributed by atoms with Gasteiger partial charge in [-0.3, -0.25) is 0 Å². The lowest BCUT2D eigenvalue weighted by atomic mass is 10.2. The van der Waals surface area contributed by atoms with E-state index in [1.165, 1.54) is 6.07 Å². The van der Waals surface area contributed by atoms with E-state index in [4.69, 9.17) is 0 Å². The number of hydrogen-bond acceptors (Lipinski definition) is 1. The lowest BCUT2D eigenvalue weighted by molar-refractivity contribution is 0.453. The van der Waals surface area contributed by atoms with Crippen LogP contribution in [0.4, 0.5) is 13.2 Å². The Morgan fingerprint density at radius 1 is 1.18 bits per heavy atom. The maximum Gasteiger partial charge on any atom is 0.195 e. The number of halogens is 3. The van der Waals surface area contributed by atoms with Crippen LogP contribution in [-0.4, -0.2) is 11.0 Å². The largest absolute Gasteiger partial charge is 0.357 e. The van der Waals surface area contributed by atoms with Crippen molar-refractivity contribution in [2.45, 2.75) is 26.4 Å². The molecule has 0 saturated heterocycles. The van der Waals surface area contributed by atoms with Gasteiger partial charge in [0.05, 0.1) is 5.52 Å². The first kappa shape index (κ1) is 12.0. The van der Waals surface area contributed by atoms with E-state index in [-0.39, 0.29) is 16.9 Å². The molecule has 92 valence electrons. The molecule has 1 aromatic heterocycles. The first-order chi connectivity index (χ1) is 7.99. The highest BCUT2D eigenvalue weighted by atomic mass is 19.2. The summed E-state index contributed by atoms with van der Waals surface area (Å²) in [6, 6.07) is 2.73. The second-order valence-electron chi connectivity index (χ2n) is 4.28. The molecule has 0 atom stereocenters. The highest BCUT2D eigenvalue weighted by molar-refractivity contribution is 5.81. The monoisotopic (exact) mass is 242 g/mol. The number of aromatic amines is 1. The Morgan fingerprint density at radius 3 is 2.53 bits per heavy atom. The van der Waals surface area contributed by atoms with Crippen LogP contribution in [0.2, 0.25) is 0 Å². The van der Waals surface area contributed by atoms with Crippen LogP contribution in [0.3, 0.4) is 0 Å². The number of hydrogen-bond donors (Lipinski definition) is 2. The SMILES string of the molecule is CC(C)NCc1cc2c(F)c(F)c(F)cc2[nH]1. The van der Waals surface area contributed by atoms with Gasteiger partial charge in [0.2, 0.25) is 0 Å².